The number of aromatic carboxylic acids is 1. The lowest BCUT2D eigenvalue weighted by atomic mass is 10.2. The van der Waals surface area contributed by atoms with Gasteiger partial charge in [-0.1, -0.05) is 0 Å². The molecule has 2 aromatic rings. The van der Waals surface area contributed by atoms with E-state index in [2.05, 4.69) is 4.37 Å². The van der Waals surface area contributed by atoms with Crippen LogP contribution in [0.15, 0.2) is 18.2 Å². The van der Waals surface area contributed by atoms with Crippen LogP contribution in [0, 0.1) is 5.82 Å². The Kier molecular flexibility index (Phi) is 1.73. The van der Waals surface area contributed by atoms with Crippen molar-refractivity contribution in [1.82, 2.24) is 4.37 Å². The molecule has 1 heterocycles. The number of carboxylic acids is 1. The van der Waals surface area contributed by atoms with Crippen molar-refractivity contribution in [3.8, 4) is 0 Å². The number of hydrogen-bond donors (Lipinski definition) is 1. The molecule has 0 saturated heterocycles. The van der Waals surface area contributed by atoms with E-state index >= 15 is 0 Å². The number of aromatic nitrogens is 1. The van der Waals surface area contributed by atoms with E-state index in [9.17, 15) is 9.18 Å². The van der Waals surface area contributed by atoms with Crippen molar-refractivity contribution < 1.29 is 14.3 Å². The standard InChI is InChI=1S/C8H4FNO2S/c9-4-1-2-6-5(3-4)7(8(11)12)10-13-6/h1-3H,(H,11,12). The number of nitrogens with zero attached hydrogens (tertiary/aromatic N) is 1. The molecule has 0 spiro atoms. The Hall–Kier alpha value is -1.49. The average molecular weight is 197 g/mol. The van der Waals surface area contributed by atoms with Gasteiger partial charge in [0.1, 0.15) is 5.82 Å². The molecule has 0 aliphatic rings. The molecular weight excluding hydrogens is 193 g/mol. The average Bonchev–Trinajstić information content (AvgIpc) is 2.46. The number of carbonyl (C=O) groups is 1. The normalized spacial score (nSPS) is 10.5. The van der Waals surface area contributed by atoms with Gasteiger partial charge in [-0.3, -0.25) is 0 Å². The summed E-state index contributed by atoms with van der Waals surface area (Å²) in [6.07, 6.45) is 0. The first-order valence-corrected chi connectivity index (χ1v) is 4.24. The Labute approximate surface area is 76.6 Å². The monoisotopic (exact) mass is 197 g/mol. The molecule has 1 aromatic carbocycles. The Balaban J connectivity index is 2.79. The number of benzene rings is 1. The summed E-state index contributed by atoms with van der Waals surface area (Å²) in [5.74, 6) is -1.58. The van der Waals surface area contributed by atoms with E-state index < -0.39 is 11.8 Å². The summed E-state index contributed by atoms with van der Waals surface area (Å²) < 4.78 is 17.1. The molecule has 2 rings (SSSR count). The molecule has 1 aromatic heterocycles. The van der Waals surface area contributed by atoms with E-state index in [0.717, 1.165) is 11.5 Å². The first-order valence-electron chi connectivity index (χ1n) is 3.47. The lowest BCUT2D eigenvalue weighted by Gasteiger charge is -1.90. The van der Waals surface area contributed by atoms with Crippen molar-refractivity contribution in [2.24, 2.45) is 0 Å². The highest BCUT2D eigenvalue weighted by Crippen LogP contribution is 2.23. The van der Waals surface area contributed by atoms with Gasteiger partial charge in [-0.05, 0) is 29.7 Å². The van der Waals surface area contributed by atoms with Crippen molar-refractivity contribution in [1.29, 1.82) is 0 Å². The maximum absolute atomic E-state index is 12.7. The summed E-state index contributed by atoms with van der Waals surface area (Å²) in [4.78, 5) is 10.6. The van der Waals surface area contributed by atoms with Gasteiger partial charge in [0.15, 0.2) is 5.69 Å². The van der Waals surface area contributed by atoms with E-state index in [0.29, 0.717) is 10.1 Å². The molecule has 0 radical (unpaired) electrons. The van der Waals surface area contributed by atoms with Crippen LogP contribution in [0.1, 0.15) is 10.5 Å². The molecule has 0 fully saturated rings. The molecule has 0 saturated carbocycles. The Morgan fingerprint density at radius 3 is 3.00 bits per heavy atom. The van der Waals surface area contributed by atoms with Gasteiger partial charge in [-0.25, -0.2) is 9.18 Å². The second-order valence-electron chi connectivity index (χ2n) is 2.48. The van der Waals surface area contributed by atoms with Crippen molar-refractivity contribution in [3.63, 3.8) is 0 Å². The third-order valence-electron chi connectivity index (χ3n) is 1.63. The highest BCUT2D eigenvalue weighted by molar-refractivity contribution is 7.13. The largest absolute Gasteiger partial charge is 0.476 e. The Morgan fingerprint density at radius 1 is 1.54 bits per heavy atom. The van der Waals surface area contributed by atoms with Gasteiger partial charge in [0.25, 0.3) is 0 Å². The summed E-state index contributed by atoms with van der Waals surface area (Å²) in [7, 11) is 0. The van der Waals surface area contributed by atoms with Crippen molar-refractivity contribution in [2.45, 2.75) is 0 Å². The third-order valence-corrected chi connectivity index (χ3v) is 2.46. The second kappa shape index (κ2) is 2.77. The molecule has 1 N–H and O–H groups in total. The van der Waals surface area contributed by atoms with Gasteiger partial charge in [0.05, 0.1) is 4.70 Å². The van der Waals surface area contributed by atoms with Gasteiger partial charge in [0.2, 0.25) is 0 Å². The van der Waals surface area contributed by atoms with Crippen LogP contribution in [0.4, 0.5) is 4.39 Å². The van der Waals surface area contributed by atoms with Crippen LogP contribution in [0.3, 0.4) is 0 Å². The van der Waals surface area contributed by atoms with Crippen molar-refractivity contribution >= 4 is 27.6 Å². The number of rotatable bonds is 1. The number of carboxylic acid groups (broad SMARTS) is 1. The molecule has 13 heavy (non-hydrogen) atoms. The fraction of sp³-hybridized carbons (Fsp3) is 0. The van der Waals surface area contributed by atoms with Crippen LogP contribution in [0.5, 0.6) is 0 Å². The van der Waals surface area contributed by atoms with E-state index in [1.54, 1.807) is 0 Å². The summed E-state index contributed by atoms with van der Waals surface area (Å²) in [6.45, 7) is 0. The summed E-state index contributed by atoms with van der Waals surface area (Å²) >= 11 is 1.05. The molecule has 3 nitrogen and oxygen atoms in total. The van der Waals surface area contributed by atoms with Crippen molar-refractivity contribution in [2.75, 3.05) is 0 Å². The van der Waals surface area contributed by atoms with Crippen molar-refractivity contribution in [3.05, 3.63) is 29.7 Å². The topological polar surface area (TPSA) is 50.2 Å². The van der Waals surface area contributed by atoms with Gasteiger partial charge in [-0.2, -0.15) is 4.37 Å². The maximum atomic E-state index is 12.7. The highest BCUT2D eigenvalue weighted by atomic mass is 32.1. The minimum absolute atomic E-state index is 0.0838. The van der Waals surface area contributed by atoms with Crippen LogP contribution < -0.4 is 0 Å². The quantitative estimate of drug-likeness (QED) is 0.761. The van der Waals surface area contributed by atoms with Crippen LogP contribution in [0.2, 0.25) is 0 Å². The molecule has 0 unspecified atom stereocenters. The molecule has 0 aliphatic heterocycles. The maximum Gasteiger partial charge on any atom is 0.356 e. The molecule has 0 atom stereocenters. The number of halogens is 1. The van der Waals surface area contributed by atoms with Gasteiger partial charge >= 0.3 is 5.97 Å². The zero-order valence-electron chi connectivity index (χ0n) is 6.32. The fourth-order valence-corrected chi connectivity index (χ4v) is 1.81. The SMILES string of the molecule is O=C(O)c1nsc2ccc(F)cc12. The van der Waals surface area contributed by atoms with Crippen LogP contribution in [0.25, 0.3) is 10.1 Å². The highest BCUT2D eigenvalue weighted by Gasteiger charge is 2.12. The zero-order chi connectivity index (χ0) is 9.42. The van der Waals surface area contributed by atoms with Crippen LogP contribution >= 0.6 is 11.5 Å². The summed E-state index contributed by atoms with van der Waals surface area (Å²) in [6, 6.07) is 3.99. The predicted molar refractivity (Wildman–Crippen MR) is 46.5 cm³/mol. The molecular formula is C8H4FNO2S. The molecule has 0 bridgehead atoms. The Morgan fingerprint density at radius 2 is 2.31 bits per heavy atom. The second-order valence-corrected chi connectivity index (χ2v) is 3.28. The predicted octanol–water partition coefficient (Wildman–Crippen LogP) is 2.13. The first-order chi connectivity index (χ1) is 6.18. The van der Waals surface area contributed by atoms with E-state index in [1.165, 1.54) is 18.2 Å². The molecule has 5 heteroatoms. The lowest BCUT2D eigenvalue weighted by molar-refractivity contribution is 0.0694. The number of hydrogen-bond acceptors (Lipinski definition) is 3. The Bertz CT molecular complexity index is 480. The van der Waals surface area contributed by atoms with E-state index in [4.69, 9.17) is 5.11 Å². The summed E-state index contributed by atoms with van der Waals surface area (Å²) in [5, 5.41) is 9.04. The summed E-state index contributed by atoms with van der Waals surface area (Å²) in [5.41, 5.74) is -0.0838. The molecule has 66 valence electrons. The van der Waals surface area contributed by atoms with Crippen LogP contribution in [-0.4, -0.2) is 15.4 Å². The van der Waals surface area contributed by atoms with Gasteiger partial charge in [0, 0.05) is 5.39 Å². The molecule has 0 aliphatic carbocycles. The minimum Gasteiger partial charge on any atom is -0.476 e. The fourth-order valence-electron chi connectivity index (χ4n) is 1.07. The smallest absolute Gasteiger partial charge is 0.356 e. The molecule has 0 amide bonds. The first kappa shape index (κ1) is 8.12. The van der Waals surface area contributed by atoms with E-state index in [1.807, 2.05) is 0 Å². The van der Waals surface area contributed by atoms with Crippen LogP contribution in [-0.2, 0) is 0 Å². The minimum atomic E-state index is -1.13. The van der Waals surface area contributed by atoms with Gasteiger partial charge in [-0.15, -0.1) is 0 Å². The lowest BCUT2D eigenvalue weighted by Crippen LogP contribution is -1.96. The zero-order valence-corrected chi connectivity index (χ0v) is 7.14. The van der Waals surface area contributed by atoms with Gasteiger partial charge < -0.3 is 5.11 Å². The van der Waals surface area contributed by atoms with E-state index in [-0.39, 0.29) is 5.69 Å². The third kappa shape index (κ3) is 1.27. The number of fused-ring (bicyclic) bond motifs is 1.